The van der Waals surface area contributed by atoms with Gasteiger partial charge in [0.15, 0.2) is 0 Å². The first-order chi connectivity index (χ1) is 8.77. The van der Waals surface area contributed by atoms with Crippen LogP contribution in [0.25, 0.3) is 0 Å². The van der Waals surface area contributed by atoms with Crippen LogP contribution >= 0.6 is 0 Å². The quantitative estimate of drug-likeness (QED) is 0.781. The first kappa shape index (κ1) is 13.8. The van der Waals surface area contributed by atoms with E-state index in [1.807, 2.05) is 0 Å². The number of hydrogen-bond donors (Lipinski definition) is 2. The molecule has 0 aromatic heterocycles. The van der Waals surface area contributed by atoms with E-state index < -0.39 is 5.60 Å². The summed E-state index contributed by atoms with van der Waals surface area (Å²) in [6.45, 7) is 2.54. The molecule has 1 aliphatic carbocycles. The van der Waals surface area contributed by atoms with Gasteiger partial charge in [0.25, 0.3) is 5.91 Å². The van der Waals surface area contributed by atoms with E-state index in [1.54, 1.807) is 7.11 Å². The number of amides is 1. The molecule has 104 valence electrons. The van der Waals surface area contributed by atoms with E-state index in [0.29, 0.717) is 0 Å². The summed E-state index contributed by atoms with van der Waals surface area (Å²) in [4.78, 5) is 12.3. The fourth-order valence-electron chi connectivity index (χ4n) is 3.20. The predicted molar refractivity (Wildman–Crippen MR) is 71.4 cm³/mol. The zero-order valence-electron chi connectivity index (χ0n) is 11.5. The lowest BCUT2D eigenvalue weighted by atomic mass is 9.91. The molecule has 0 radical (unpaired) electrons. The molecule has 2 fully saturated rings. The second kappa shape index (κ2) is 6.53. The summed E-state index contributed by atoms with van der Waals surface area (Å²) in [6.07, 6.45) is 8.10. The molecular weight excluding hydrogens is 228 g/mol. The molecule has 1 aliphatic heterocycles. The highest BCUT2D eigenvalue weighted by Crippen LogP contribution is 2.27. The number of nitrogens with one attached hydrogen (secondary N) is 2. The van der Waals surface area contributed by atoms with Crippen molar-refractivity contribution in [2.24, 2.45) is 5.92 Å². The van der Waals surface area contributed by atoms with Crippen LogP contribution in [0.4, 0.5) is 0 Å². The van der Waals surface area contributed by atoms with E-state index >= 15 is 0 Å². The summed E-state index contributed by atoms with van der Waals surface area (Å²) in [5.41, 5.74) is -0.582. The summed E-state index contributed by atoms with van der Waals surface area (Å²) in [5.74, 6) is 0.918. The van der Waals surface area contributed by atoms with Gasteiger partial charge in [-0.25, -0.2) is 0 Å². The molecule has 1 heterocycles. The summed E-state index contributed by atoms with van der Waals surface area (Å²) in [6, 6.07) is 0. The minimum atomic E-state index is -0.582. The monoisotopic (exact) mass is 254 g/mol. The van der Waals surface area contributed by atoms with Gasteiger partial charge in [-0.05, 0) is 38.3 Å². The van der Waals surface area contributed by atoms with Gasteiger partial charge in [0.2, 0.25) is 0 Å². The van der Waals surface area contributed by atoms with Crippen molar-refractivity contribution in [3.63, 3.8) is 0 Å². The molecule has 4 heteroatoms. The van der Waals surface area contributed by atoms with Gasteiger partial charge in [0.1, 0.15) is 5.60 Å². The lowest BCUT2D eigenvalue weighted by Crippen LogP contribution is -2.54. The number of ether oxygens (including phenoxy) is 1. The smallest absolute Gasteiger partial charge is 0.252 e. The molecule has 0 aromatic rings. The van der Waals surface area contributed by atoms with Crippen LogP contribution < -0.4 is 10.6 Å². The molecule has 4 nitrogen and oxygen atoms in total. The van der Waals surface area contributed by atoms with Gasteiger partial charge in [-0.15, -0.1) is 0 Å². The van der Waals surface area contributed by atoms with Crippen LogP contribution in [0.5, 0.6) is 0 Å². The van der Waals surface area contributed by atoms with Crippen molar-refractivity contribution in [1.29, 1.82) is 0 Å². The lowest BCUT2D eigenvalue weighted by Gasteiger charge is -2.34. The van der Waals surface area contributed by atoms with Gasteiger partial charge >= 0.3 is 0 Å². The van der Waals surface area contributed by atoms with Gasteiger partial charge < -0.3 is 15.4 Å². The fraction of sp³-hybridized carbons (Fsp3) is 0.929. The second-order valence-corrected chi connectivity index (χ2v) is 5.64. The van der Waals surface area contributed by atoms with Crippen LogP contribution in [0.3, 0.4) is 0 Å². The summed E-state index contributed by atoms with van der Waals surface area (Å²) >= 11 is 0. The molecule has 0 unspecified atom stereocenters. The van der Waals surface area contributed by atoms with E-state index in [2.05, 4.69) is 10.6 Å². The van der Waals surface area contributed by atoms with Crippen molar-refractivity contribution in [3.05, 3.63) is 0 Å². The average molecular weight is 254 g/mol. The number of carbonyl (C=O) groups is 1. The van der Waals surface area contributed by atoms with Gasteiger partial charge in [0, 0.05) is 13.7 Å². The Morgan fingerprint density at radius 1 is 1.33 bits per heavy atom. The molecule has 2 N–H and O–H groups in total. The molecule has 0 aromatic carbocycles. The van der Waals surface area contributed by atoms with Crippen molar-refractivity contribution in [2.75, 3.05) is 26.7 Å². The Bertz CT molecular complexity index is 269. The number of piperidine rings is 1. The van der Waals surface area contributed by atoms with Crippen molar-refractivity contribution in [1.82, 2.24) is 10.6 Å². The van der Waals surface area contributed by atoms with Gasteiger partial charge in [-0.1, -0.05) is 25.7 Å². The highest BCUT2D eigenvalue weighted by atomic mass is 16.5. The summed E-state index contributed by atoms with van der Waals surface area (Å²) < 4.78 is 5.51. The van der Waals surface area contributed by atoms with Crippen LogP contribution in [-0.4, -0.2) is 38.3 Å². The van der Waals surface area contributed by atoms with E-state index in [0.717, 1.165) is 44.8 Å². The number of rotatable bonds is 5. The first-order valence-electron chi connectivity index (χ1n) is 7.31. The molecule has 2 rings (SSSR count). The van der Waals surface area contributed by atoms with Crippen LogP contribution in [0.1, 0.15) is 44.9 Å². The Labute approximate surface area is 110 Å². The Morgan fingerprint density at radius 3 is 2.61 bits per heavy atom. The Morgan fingerprint density at radius 2 is 2.00 bits per heavy atom. The summed E-state index contributed by atoms with van der Waals surface area (Å²) in [5, 5.41) is 6.35. The average Bonchev–Trinajstić information content (AvgIpc) is 2.92. The van der Waals surface area contributed by atoms with Crippen molar-refractivity contribution >= 4 is 5.91 Å². The van der Waals surface area contributed by atoms with E-state index in [1.165, 1.54) is 25.7 Å². The molecule has 1 saturated heterocycles. The maximum Gasteiger partial charge on any atom is 0.252 e. The molecule has 0 bridgehead atoms. The molecular formula is C14H26N2O2. The SMILES string of the molecule is COC1(C(=O)NCCC2CCCC2)CCNCC1. The van der Waals surface area contributed by atoms with Gasteiger partial charge in [0.05, 0.1) is 0 Å². The van der Waals surface area contributed by atoms with Crippen LogP contribution in [0.2, 0.25) is 0 Å². The third-order valence-corrected chi connectivity index (χ3v) is 4.53. The third-order valence-electron chi connectivity index (χ3n) is 4.53. The second-order valence-electron chi connectivity index (χ2n) is 5.64. The molecule has 1 saturated carbocycles. The van der Waals surface area contributed by atoms with E-state index in [4.69, 9.17) is 4.74 Å². The van der Waals surface area contributed by atoms with E-state index in [9.17, 15) is 4.79 Å². The zero-order valence-corrected chi connectivity index (χ0v) is 11.5. The normalized spacial score (nSPS) is 24.1. The first-order valence-corrected chi connectivity index (χ1v) is 7.31. The maximum absolute atomic E-state index is 12.3. The van der Waals surface area contributed by atoms with Gasteiger partial charge in [-0.2, -0.15) is 0 Å². The minimum Gasteiger partial charge on any atom is -0.368 e. The van der Waals surface area contributed by atoms with Crippen LogP contribution in [0, 0.1) is 5.92 Å². The minimum absolute atomic E-state index is 0.0875. The Balaban J connectivity index is 1.74. The highest BCUT2D eigenvalue weighted by molar-refractivity contribution is 5.85. The van der Waals surface area contributed by atoms with Crippen molar-refractivity contribution < 1.29 is 9.53 Å². The van der Waals surface area contributed by atoms with Crippen molar-refractivity contribution in [3.8, 4) is 0 Å². The Kier molecular flexibility index (Phi) is 5.01. The van der Waals surface area contributed by atoms with E-state index in [-0.39, 0.29) is 5.91 Å². The zero-order chi connectivity index (χ0) is 12.8. The predicted octanol–water partition coefficient (Wildman–Crippen LogP) is 1.45. The molecule has 18 heavy (non-hydrogen) atoms. The highest BCUT2D eigenvalue weighted by Gasteiger charge is 2.39. The number of carbonyl (C=O) groups excluding carboxylic acids is 1. The van der Waals surface area contributed by atoms with Gasteiger partial charge in [-0.3, -0.25) is 4.79 Å². The maximum atomic E-state index is 12.3. The fourth-order valence-corrected chi connectivity index (χ4v) is 3.20. The molecule has 0 spiro atoms. The molecule has 0 atom stereocenters. The lowest BCUT2D eigenvalue weighted by molar-refractivity contribution is -0.146. The number of hydrogen-bond acceptors (Lipinski definition) is 3. The summed E-state index contributed by atoms with van der Waals surface area (Å²) in [7, 11) is 1.65. The van der Waals surface area contributed by atoms with Crippen LogP contribution in [-0.2, 0) is 9.53 Å². The van der Waals surface area contributed by atoms with Crippen molar-refractivity contribution in [2.45, 2.75) is 50.5 Å². The Hall–Kier alpha value is -0.610. The standard InChI is InChI=1S/C14H26N2O2/c1-18-14(7-10-15-11-8-14)13(17)16-9-6-12-4-2-3-5-12/h12,15H,2-11H2,1H3,(H,16,17). The topological polar surface area (TPSA) is 50.4 Å². The largest absolute Gasteiger partial charge is 0.368 e. The number of methoxy groups -OCH3 is 1. The third kappa shape index (κ3) is 3.23. The van der Waals surface area contributed by atoms with Crippen LogP contribution in [0.15, 0.2) is 0 Å². The molecule has 1 amide bonds. The molecule has 2 aliphatic rings.